The molecule has 0 saturated heterocycles. The molecule has 114 valence electrons. The summed E-state index contributed by atoms with van der Waals surface area (Å²) in [6.07, 6.45) is 3.16. The van der Waals surface area contributed by atoms with Gasteiger partial charge >= 0.3 is 5.97 Å². The van der Waals surface area contributed by atoms with E-state index in [4.69, 9.17) is 4.74 Å². The van der Waals surface area contributed by atoms with E-state index in [1.807, 2.05) is 12.1 Å². The van der Waals surface area contributed by atoms with E-state index in [9.17, 15) is 9.59 Å². The van der Waals surface area contributed by atoms with E-state index in [1.54, 1.807) is 6.92 Å². The largest absolute Gasteiger partial charge is 0.465 e. The Labute approximate surface area is 129 Å². The van der Waals surface area contributed by atoms with Gasteiger partial charge in [-0.05, 0) is 37.3 Å². The number of ether oxygens (including phenoxy) is 1. The van der Waals surface area contributed by atoms with Crippen LogP contribution in [0.25, 0.3) is 0 Å². The fraction of sp³-hybridized carbons (Fsp3) is 0.500. The van der Waals surface area contributed by atoms with E-state index in [0.717, 1.165) is 19.3 Å². The van der Waals surface area contributed by atoms with E-state index in [-0.39, 0.29) is 29.4 Å². The standard InChI is InChI=1S/C16H21NO3S/c1-2-20-16(19)11-21-10-15(18)17-14-9-5-7-12-6-3-4-8-13(12)14/h3-4,6,8,14H,2,5,7,9-11H2,1H3,(H,17,18). The zero-order chi connectivity index (χ0) is 15.1. The van der Waals surface area contributed by atoms with Crippen LogP contribution in [0.2, 0.25) is 0 Å². The number of hydrogen-bond acceptors (Lipinski definition) is 4. The number of benzene rings is 1. The molecule has 21 heavy (non-hydrogen) atoms. The summed E-state index contributed by atoms with van der Waals surface area (Å²) < 4.78 is 4.83. The lowest BCUT2D eigenvalue weighted by Crippen LogP contribution is -2.32. The van der Waals surface area contributed by atoms with Crippen LogP contribution in [0.4, 0.5) is 0 Å². The van der Waals surface area contributed by atoms with Gasteiger partial charge < -0.3 is 10.1 Å². The van der Waals surface area contributed by atoms with Gasteiger partial charge in [0.25, 0.3) is 0 Å². The Balaban J connectivity index is 1.80. The molecule has 4 nitrogen and oxygen atoms in total. The maximum absolute atomic E-state index is 12.0. The molecule has 1 aromatic carbocycles. The van der Waals surface area contributed by atoms with E-state index < -0.39 is 0 Å². The van der Waals surface area contributed by atoms with E-state index in [2.05, 4.69) is 17.4 Å². The predicted molar refractivity (Wildman–Crippen MR) is 84.2 cm³/mol. The van der Waals surface area contributed by atoms with Crippen molar-refractivity contribution in [1.29, 1.82) is 0 Å². The van der Waals surface area contributed by atoms with Crippen molar-refractivity contribution in [2.45, 2.75) is 32.2 Å². The van der Waals surface area contributed by atoms with Crippen molar-refractivity contribution < 1.29 is 14.3 Å². The minimum absolute atomic E-state index is 0.0222. The lowest BCUT2D eigenvalue weighted by atomic mass is 9.88. The van der Waals surface area contributed by atoms with E-state index in [1.165, 1.54) is 22.9 Å². The Morgan fingerprint density at radius 1 is 1.33 bits per heavy atom. The van der Waals surface area contributed by atoms with Gasteiger partial charge in [-0.2, -0.15) is 0 Å². The van der Waals surface area contributed by atoms with Gasteiger partial charge in [-0.15, -0.1) is 11.8 Å². The first-order chi connectivity index (χ1) is 10.2. The molecule has 5 heteroatoms. The lowest BCUT2D eigenvalue weighted by molar-refractivity contribution is -0.139. The highest BCUT2D eigenvalue weighted by molar-refractivity contribution is 8.00. The van der Waals surface area contributed by atoms with Gasteiger partial charge in [-0.3, -0.25) is 9.59 Å². The molecule has 0 fully saturated rings. The third-order valence-corrected chi connectivity index (χ3v) is 4.37. The molecule has 1 unspecified atom stereocenters. The van der Waals surface area contributed by atoms with Crippen molar-refractivity contribution in [3.8, 4) is 0 Å². The molecule has 1 aromatic rings. The van der Waals surface area contributed by atoms with Crippen LogP contribution in [0, 0.1) is 0 Å². The number of esters is 1. The summed E-state index contributed by atoms with van der Waals surface area (Å²) in [4.78, 5) is 23.2. The third-order valence-electron chi connectivity index (χ3n) is 3.46. The molecule has 1 aliphatic carbocycles. The summed E-state index contributed by atoms with van der Waals surface area (Å²) in [6, 6.07) is 8.37. The van der Waals surface area contributed by atoms with Gasteiger partial charge in [-0.1, -0.05) is 24.3 Å². The molecular weight excluding hydrogens is 286 g/mol. The second-order valence-corrected chi connectivity index (χ2v) is 5.99. The van der Waals surface area contributed by atoms with Crippen molar-refractivity contribution in [2.24, 2.45) is 0 Å². The van der Waals surface area contributed by atoms with Crippen LogP contribution in [-0.2, 0) is 20.7 Å². The number of fused-ring (bicyclic) bond motifs is 1. The molecule has 0 bridgehead atoms. The fourth-order valence-corrected chi connectivity index (χ4v) is 3.19. The average molecular weight is 307 g/mol. The summed E-state index contributed by atoms with van der Waals surface area (Å²) in [5.74, 6) is 0.226. The topological polar surface area (TPSA) is 55.4 Å². The smallest absolute Gasteiger partial charge is 0.315 e. The number of thioether (sulfide) groups is 1. The molecule has 1 atom stereocenters. The molecule has 0 spiro atoms. The highest BCUT2D eigenvalue weighted by Crippen LogP contribution is 2.29. The Hall–Kier alpha value is -1.49. The number of carbonyl (C=O) groups is 2. The van der Waals surface area contributed by atoms with Crippen LogP contribution < -0.4 is 5.32 Å². The first-order valence-corrected chi connectivity index (χ1v) is 8.46. The average Bonchev–Trinajstić information content (AvgIpc) is 2.48. The van der Waals surface area contributed by atoms with Crippen molar-refractivity contribution in [3.63, 3.8) is 0 Å². The summed E-state index contributed by atoms with van der Waals surface area (Å²) in [5.41, 5.74) is 2.56. The number of hydrogen-bond donors (Lipinski definition) is 1. The minimum Gasteiger partial charge on any atom is -0.465 e. The van der Waals surface area contributed by atoms with Crippen molar-refractivity contribution >= 4 is 23.6 Å². The van der Waals surface area contributed by atoms with Gasteiger partial charge in [0.05, 0.1) is 24.2 Å². The normalized spacial score (nSPS) is 16.9. The first kappa shape index (κ1) is 15.9. The Bertz CT molecular complexity index is 504. The summed E-state index contributed by atoms with van der Waals surface area (Å²) >= 11 is 1.29. The van der Waals surface area contributed by atoms with Crippen LogP contribution >= 0.6 is 11.8 Å². The van der Waals surface area contributed by atoms with Crippen LogP contribution in [0.3, 0.4) is 0 Å². The van der Waals surface area contributed by atoms with Crippen molar-refractivity contribution in [1.82, 2.24) is 5.32 Å². The summed E-state index contributed by atoms with van der Waals surface area (Å²) in [6.45, 7) is 2.15. The van der Waals surface area contributed by atoms with Crippen molar-refractivity contribution in [2.75, 3.05) is 18.1 Å². The van der Waals surface area contributed by atoms with Gasteiger partial charge in [0, 0.05) is 0 Å². The Kier molecular flexibility index (Phi) is 6.11. The van der Waals surface area contributed by atoms with Crippen LogP contribution in [0.15, 0.2) is 24.3 Å². The zero-order valence-corrected chi connectivity index (χ0v) is 13.1. The zero-order valence-electron chi connectivity index (χ0n) is 12.3. The lowest BCUT2D eigenvalue weighted by Gasteiger charge is -2.26. The van der Waals surface area contributed by atoms with E-state index >= 15 is 0 Å². The molecule has 0 aliphatic heterocycles. The number of nitrogens with one attached hydrogen (secondary N) is 1. The summed E-state index contributed by atoms with van der Waals surface area (Å²) in [5, 5.41) is 3.07. The van der Waals surface area contributed by atoms with Crippen LogP contribution in [0.1, 0.15) is 36.9 Å². The van der Waals surface area contributed by atoms with Crippen LogP contribution in [-0.4, -0.2) is 30.0 Å². The highest BCUT2D eigenvalue weighted by Gasteiger charge is 2.21. The maximum Gasteiger partial charge on any atom is 0.315 e. The molecule has 0 radical (unpaired) electrons. The number of aryl methyl sites for hydroxylation is 1. The molecule has 2 rings (SSSR count). The first-order valence-electron chi connectivity index (χ1n) is 7.31. The quantitative estimate of drug-likeness (QED) is 0.820. The molecular formula is C16H21NO3S. The summed E-state index contributed by atoms with van der Waals surface area (Å²) in [7, 11) is 0. The number of rotatable bonds is 6. The second-order valence-electron chi connectivity index (χ2n) is 5.01. The fourth-order valence-electron chi connectivity index (χ4n) is 2.57. The van der Waals surface area contributed by atoms with Gasteiger partial charge in [-0.25, -0.2) is 0 Å². The maximum atomic E-state index is 12.0. The highest BCUT2D eigenvalue weighted by atomic mass is 32.2. The minimum atomic E-state index is -0.265. The molecule has 0 heterocycles. The number of carbonyl (C=O) groups excluding carboxylic acids is 2. The molecule has 1 N–H and O–H groups in total. The molecule has 1 amide bonds. The molecule has 0 saturated carbocycles. The van der Waals surface area contributed by atoms with Crippen molar-refractivity contribution in [3.05, 3.63) is 35.4 Å². The third kappa shape index (κ3) is 4.77. The Morgan fingerprint density at radius 3 is 2.95 bits per heavy atom. The SMILES string of the molecule is CCOC(=O)CSCC(=O)NC1CCCc2ccccc21. The predicted octanol–water partition coefficient (Wildman–Crippen LogP) is 2.48. The second kappa shape index (κ2) is 8.08. The van der Waals surface area contributed by atoms with E-state index in [0.29, 0.717) is 6.61 Å². The Morgan fingerprint density at radius 2 is 2.14 bits per heavy atom. The molecule has 0 aromatic heterocycles. The molecule has 1 aliphatic rings. The van der Waals surface area contributed by atoms with Gasteiger partial charge in [0.15, 0.2) is 0 Å². The number of amides is 1. The monoisotopic (exact) mass is 307 g/mol. The van der Waals surface area contributed by atoms with Gasteiger partial charge in [0.2, 0.25) is 5.91 Å². The van der Waals surface area contributed by atoms with Crippen LogP contribution in [0.5, 0.6) is 0 Å². The van der Waals surface area contributed by atoms with Gasteiger partial charge in [0.1, 0.15) is 0 Å².